The van der Waals surface area contributed by atoms with Crippen molar-refractivity contribution in [3.8, 4) is 0 Å². The molecule has 0 radical (unpaired) electrons. The molecule has 0 aromatic heterocycles. The van der Waals surface area contributed by atoms with Crippen LogP contribution in [0.5, 0.6) is 0 Å². The van der Waals surface area contributed by atoms with Crippen molar-refractivity contribution in [2.45, 2.75) is 51.0 Å². The minimum absolute atomic E-state index is 0. The molecule has 0 amide bonds. The van der Waals surface area contributed by atoms with Crippen LogP contribution in [0.15, 0.2) is 36.4 Å². The molecular weight excluding hydrogens is 425 g/mol. The minimum atomic E-state index is -1.87. The third-order valence-electron chi connectivity index (χ3n) is 6.07. The van der Waals surface area contributed by atoms with Gasteiger partial charge in [-0.2, -0.15) is 0 Å². The number of aryl methyl sites for hydroxylation is 1. The Balaban J connectivity index is 0.00000306. The van der Waals surface area contributed by atoms with E-state index in [2.05, 4.69) is 0 Å². The molecule has 0 spiro atoms. The Bertz CT molecular complexity index is 965. The van der Waals surface area contributed by atoms with Crippen molar-refractivity contribution in [1.29, 1.82) is 0 Å². The number of benzene rings is 2. The van der Waals surface area contributed by atoms with Crippen LogP contribution in [-0.4, -0.2) is 29.5 Å². The van der Waals surface area contributed by atoms with E-state index in [0.717, 1.165) is 24.0 Å². The lowest BCUT2D eigenvalue weighted by Gasteiger charge is -2.35. The average molecular weight is 459 g/mol. The molecule has 1 fully saturated rings. The first kappa shape index (κ1) is 17.9. The number of aliphatic hydroxyl groups excluding tert-OH is 1. The van der Waals surface area contributed by atoms with Crippen LogP contribution in [0.4, 0.5) is 0 Å². The van der Waals surface area contributed by atoms with Gasteiger partial charge in [-0.1, -0.05) is 47.5 Å². The normalized spacial score (nSPS) is 28.7. The number of rotatable bonds is 3. The molecule has 0 bridgehead atoms. The van der Waals surface area contributed by atoms with Gasteiger partial charge in [-0.05, 0) is 98.2 Å². The summed E-state index contributed by atoms with van der Waals surface area (Å²) in [7, 11) is 0. The van der Waals surface area contributed by atoms with Gasteiger partial charge < -0.3 is 10.0 Å². The number of halogens is 3. The summed E-state index contributed by atoms with van der Waals surface area (Å²) in [5.41, 5.74) is 3.90. The molecular formula is C24H30Cl3NO. The summed E-state index contributed by atoms with van der Waals surface area (Å²) in [5.74, 6) is -0.425. The van der Waals surface area contributed by atoms with E-state index in [1.54, 1.807) is 18.2 Å². The fourth-order valence-electron chi connectivity index (χ4n) is 4.51. The molecule has 4 rings (SSSR count). The van der Waals surface area contributed by atoms with Crippen LogP contribution in [0.2, 0.25) is 10.0 Å². The molecule has 0 unspecified atom stereocenters. The van der Waals surface area contributed by atoms with E-state index >= 15 is 0 Å². The van der Waals surface area contributed by atoms with Crippen molar-refractivity contribution in [2.75, 3.05) is 19.5 Å². The Hall–Kier alpha value is -0.770. The third-order valence-corrected chi connectivity index (χ3v) is 6.73. The first-order valence-electron chi connectivity index (χ1n) is 12.0. The van der Waals surface area contributed by atoms with E-state index in [-0.39, 0.29) is 37.7 Å². The minimum Gasteiger partial charge on any atom is -0.388 e. The standard InChI is InChI=1S/C24H29Cl2NO.ClH/c1-16-4-2-5-20-19(16)9-8-17(14-23(20)28)15-27-12-10-18(11-13-27)24-21(25)6-3-7-22(24)26;/h2-7,17-18,23,28H,8-15H2,1H3;1H/t17-,23-;/m0./s1/i12D2,13D2;. The highest BCUT2D eigenvalue weighted by Gasteiger charge is 2.28. The zero-order valence-corrected chi connectivity index (χ0v) is 18.8. The van der Waals surface area contributed by atoms with Gasteiger partial charge in [-0.25, -0.2) is 0 Å². The number of piperidine rings is 1. The Morgan fingerprint density at radius 2 is 1.72 bits per heavy atom. The summed E-state index contributed by atoms with van der Waals surface area (Å²) in [5, 5.41) is 11.7. The second-order valence-corrected chi connectivity index (χ2v) is 8.78. The summed E-state index contributed by atoms with van der Waals surface area (Å²) in [6.07, 6.45) is 1.71. The molecule has 2 nitrogen and oxygen atoms in total. The van der Waals surface area contributed by atoms with E-state index in [1.165, 1.54) is 10.5 Å². The van der Waals surface area contributed by atoms with Crippen LogP contribution in [0.3, 0.4) is 0 Å². The molecule has 158 valence electrons. The lowest BCUT2D eigenvalue weighted by molar-refractivity contribution is 0.117. The molecule has 1 N–H and O–H groups in total. The van der Waals surface area contributed by atoms with Gasteiger partial charge in [0.2, 0.25) is 0 Å². The topological polar surface area (TPSA) is 23.5 Å². The Morgan fingerprint density at radius 3 is 2.41 bits per heavy atom. The van der Waals surface area contributed by atoms with Gasteiger partial charge in [0.15, 0.2) is 0 Å². The highest BCUT2D eigenvalue weighted by atomic mass is 35.5. The van der Waals surface area contributed by atoms with E-state index in [4.69, 9.17) is 28.7 Å². The summed E-state index contributed by atoms with van der Waals surface area (Å²) in [4.78, 5) is 1.36. The molecule has 1 heterocycles. The molecule has 1 aliphatic heterocycles. The van der Waals surface area contributed by atoms with Crippen molar-refractivity contribution in [1.82, 2.24) is 4.90 Å². The van der Waals surface area contributed by atoms with Crippen LogP contribution in [0.1, 0.15) is 65.4 Å². The van der Waals surface area contributed by atoms with Crippen LogP contribution in [0, 0.1) is 12.8 Å². The number of nitrogens with zero attached hydrogens (tertiary/aromatic N) is 1. The Morgan fingerprint density at radius 1 is 1.07 bits per heavy atom. The molecule has 2 aromatic rings. The molecule has 2 aromatic carbocycles. The van der Waals surface area contributed by atoms with Gasteiger partial charge in [0.05, 0.1) is 6.10 Å². The number of hydrogen-bond donors (Lipinski definition) is 1. The summed E-state index contributed by atoms with van der Waals surface area (Å²) in [6.45, 7) is -1.43. The lowest BCUT2D eigenvalue weighted by Crippen LogP contribution is -2.37. The molecule has 2 aliphatic rings. The molecule has 5 heteroatoms. The fraction of sp³-hybridized carbons (Fsp3) is 0.500. The highest BCUT2D eigenvalue weighted by Crippen LogP contribution is 2.38. The van der Waals surface area contributed by atoms with Gasteiger partial charge in [0.25, 0.3) is 0 Å². The Kier molecular flexibility index (Phi) is 6.18. The molecule has 29 heavy (non-hydrogen) atoms. The smallest absolute Gasteiger partial charge is 0.0795 e. The second-order valence-electron chi connectivity index (χ2n) is 7.97. The second kappa shape index (κ2) is 10.0. The number of likely N-dealkylation sites (tertiary alicyclic amines) is 1. The number of hydrogen-bond acceptors (Lipinski definition) is 2. The predicted octanol–water partition coefficient (Wildman–Crippen LogP) is 6.59. The third kappa shape index (κ3) is 5.11. The summed E-state index contributed by atoms with van der Waals surface area (Å²) in [6, 6.07) is 11.1. The van der Waals surface area contributed by atoms with Crippen LogP contribution < -0.4 is 0 Å². The quantitative estimate of drug-likeness (QED) is 0.524. The highest BCUT2D eigenvalue weighted by molar-refractivity contribution is 6.36. The zero-order chi connectivity index (χ0) is 23.3. The first-order valence-corrected chi connectivity index (χ1v) is 10.7. The monoisotopic (exact) mass is 457 g/mol. The lowest BCUT2D eigenvalue weighted by atomic mass is 9.88. The van der Waals surface area contributed by atoms with E-state index < -0.39 is 25.0 Å². The molecule has 2 atom stereocenters. The van der Waals surface area contributed by atoms with Crippen LogP contribution in [-0.2, 0) is 6.42 Å². The number of aliphatic hydroxyl groups is 1. The van der Waals surface area contributed by atoms with Crippen molar-refractivity contribution >= 4 is 35.6 Å². The van der Waals surface area contributed by atoms with Gasteiger partial charge in [-0.3, -0.25) is 0 Å². The van der Waals surface area contributed by atoms with Crippen molar-refractivity contribution in [3.05, 3.63) is 68.7 Å². The zero-order valence-electron chi connectivity index (χ0n) is 20.5. The van der Waals surface area contributed by atoms with E-state index in [1.807, 2.05) is 25.1 Å². The fourth-order valence-corrected chi connectivity index (χ4v) is 5.22. The van der Waals surface area contributed by atoms with E-state index in [0.29, 0.717) is 22.0 Å². The molecule has 0 saturated carbocycles. The van der Waals surface area contributed by atoms with Crippen molar-refractivity contribution in [2.24, 2.45) is 5.92 Å². The maximum Gasteiger partial charge on any atom is 0.0795 e. The average Bonchev–Trinajstić information content (AvgIpc) is 2.84. The van der Waals surface area contributed by atoms with Gasteiger partial charge in [-0.15, -0.1) is 12.4 Å². The molecule has 1 saturated heterocycles. The summed E-state index contributed by atoms with van der Waals surface area (Å²) >= 11 is 12.7. The predicted molar refractivity (Wildman–Crippen MR) is 125 cm³/mol. The van der Waals surface area contributed by atoms with Crippen LogP contribution in [0.25, 0.3) is 0 Å². The molecule has 1 aliphatic carbocycles. The maximum atomic E-state index is 10.8. The van der Waals surface area contributed by atoms with Crippen LogP contribution >= 0.6 is 35.6 Å². The maximum absolute atomic E-state index is 10.8. The summed E-state index contributed by atoms with van der Waals surface area (Å²) < 4.78 is 35.0. The Labute approximate surface area is 196 Å². The van der Waals surface area contributed by atoms with Crippen molar-refractivity contribution < 1.29 is 10.6 Å². The van der Waals surface area contributed by atoms with E-state index in [9.17, 15) is 5.11 Å². The number of fused-ring (bicyclic) bond motifs is 1. The van der Waals surface area contributed by atoms with Gasteiger partial charge in [0.1, 0.15) is 0 Å². The first-order chi connectivity index (χ1) is 15.0. The SMILES string of the molecule is Cl.[2H]C1([2H])CC(c2c(Cl)cccc2Cl)CC([2H])([2H])N1C[C@H]1CCc2c(C)cccc2[C@@H](O)C1. The van der Waals surface area contributed by atoms with Gasteiger partial charge in [0, 0.05) is 22.1 Å². The largest absolute Gasteiger partial charge is 0.388 e. The van der Waals surface area contributed by atoms with Crippen molar-refractivity contribution in [3.63, 3.8) is 0 Å². The van der Waals surface area contributed by atoms with Gasteiger partial charge >= 0.3 is 0 Å².